The molecule has 3 rings (SSSR count). The van der Waals surface area contributed by atoms with E-state index in [9.17, 15) is 9.59 Å². The Labute approximate surface area is 166 Å². The van der Waals surface area contributed by atoms with Crippen LogP contribution in [0.3, 0.4) is 0 Å². The first kappa shape index (κ1) is 20.3. The van der Waals surface area contributed by atoms with Gasteiger partial charge in [-0.2, -0.15) is 0 Å². The van der Waals surface area contributed by atoms with Gasteiger partial charge in [-0.3, -0.25) is 9.59 Å². The molecule has 0 spiro atoms. The van der Waals surface area contributed by atoms with Crippen molar-refractivity contribution < 1.29 is 14.3 Å². The molecule has 1 aliphatic rings. The molecule has 1 atom stereocenters. The predicted molar refractivity (Wildman–Crippen MR) is 111 cm³/mol. The molecule has 0 aromatic heterocycles. The molecule has 1 fully saturated rings. The molecule has 2 aromatic carbocycles. The lowest BCUT2D eigenvalue weighted by Crippen LogP contribution is -2.39. The molecule has 2 amide bonds. The van der Waals surface area contributed by atoms with Gasteiger partial charge in [-0.15, -0.1) is 0 Å². The SMILES string of the molecule is COCCN(C)CCN1CC(NC(=O)c2ccc(C)c3ccccc23)CC1=O. The zero-order valence-electron chi connectivity index (χ0n) is 16.9. The topological polar surface area (TPSA) is 61.9 Å². The van der Waals surface area contributed by atoms with Gasteiger partial charge in [0.05, 0.1) is 12.6 Å². The number of hydrogen-bond acceptors (Lipinski definition) is 4. The van der Waals surface area contributed by atoms with E-state index in [1.54, 1.807) is 7.11 Å². The van der Waals surface area contributed by atoms with Crippen LogP contribution >= 0.6 is 0 Å². The zero-order chi connectivity index (χ0) is 20.1. The second-order valence-electron chi connectivity index (χ2n) is 7.49. The molecular formula is C22H29N3O3. The Bertz CT molecular complexity index is 852. The quantitative estimate of drug-likeness (QED) is 0.758. The Balaban J connectivity index is 1.60. The molecule has 0 radical (unpaired) electrons. The molecule has 1 saturated heterocycles. The maximum Gasteiger partial charge on any atom is 0.252 e. The minimum absolute atomic E-state index is 0.0965. The van der Waals surface area contributed by atoms with Crippen LogP contribution in [-0.2, 0) is 9.53 Å². The summed E-state index contributed by atoms with van der Waals surface area (Å²) in [7, 11) is 3.70. The molecule has 1 N–H and O–H groups in total. The Morgan fingerprint density at radius 2 is 1.96 bits per heavy atom. The lowest BCUT2D eigenvalue weighted by Gasteiger charge is -2.22. The van der Waals surface area contributed by atoms with E-state index in [1.807, 2.05) is 55.3 Å². The van der Waals surface area contributed by atoms with E-state index in [0.717, 1.165) is 29.4 Å². The summed E-state index contributed by atoms with van der Waals surface area (Å²) in [6, 6.07) is 11.6. The summed E-state index contributed by atoms with van der Waals surface area (Å²) >= 11 is 0. The van der Waals surface area contributed by atoms with E-state index in [2.05, 4.69) is 10.2 Å². The number of nitrogens with zero attached hydrogens (tertiary/aromatic N) is 2. The minimum atomic E-state index is -0.149. The summed E-state index contributed by atoms with van der Waals surface area (Å²) in [6.45, 7) is 5.57. The fraction of sp³-hybridized carbons (Fsp3) is 0.455. The van der Waals surface area contributed by atoms with Crippen molar-refractivity contribution in [3.05, 3.63) is 47.5 Å². The summed E-state index contributed by atoms with van der Waals surface area (Å²) in [5.74, 6) is -0.0210. The van der Waals surface area contributed by atoms with Gasteiger partial charge in [-0.05, 0) is 36.4 Å². The van der Waals surface area contributed by atoms with Crippen molar-refractivity contribution in [2.24, 2.45) is 0 Å². The van der Waals surface area contributed by atoms with Gasteiger partial charge < -0.3 is 19.9 Å². The van der Waals surface area contributed by atoms with Crippen LogP contribution in [0.25, 0.3) is 10.8 Å². The minimum Gasteiger partial charge on any atom is -0.383 e. The van der Waals surface area contributed by atoms with E-state index in [4.69, 9.17) is 4.74 Å². The highest BCUT2D eigenvalue weighted by Crippen LogP contribution is 2.23. The van der Waals surface area contributed by atoms with Crippen LogP contribution in [0.2, 0.25) is 0 Å². The molecule has 28 heavy (non-hydrogen) atoms. The molecule has 6 heteroatoms. The first-order chi connectivity index (χ1) is 13.5. The fourth-order valence-electron chi connectivity index (χ4n) is 3.65. The number of likely N-dealkylation sites (N-methyl/N-ethyl adjacent to an activating group) is 1. The van der Waals surface area contributed by atoms with Gasteiger partial charge in [0, 0.05) is 45.3 Å². The van der Waals surface area contributed by atoms with Crippen LogP contribution in [0.4, 0.5) is 0 Å². The molecule has 1 aliphatic heterocycles. The Morgan fingerprint density at radius 3 is 2.71 bits per heavy atom. The number of ether oxygens (including phenoxy) is 1. The molecule has 0 bridgehead atoms. The van der Waals surface area contributed by atoms with Crippen molar-refractivity contribution >= 4 is 22.6 Å². The van der Waals surface area contributed by atoms with Crippen LogP contribution in [-0.4, -0.2) is 74.6 Å². The second-order valence-corrected chi connectivity index (χ2v) is 7.49. The second kappa shape index (κ2) is 9.17. The smallest absolute Gasteiger partial charge is 0.252 e. The molecule has 2 aromatic rings. The van der Waals surface area contributed by atoms with Crippen molar-refractivity contribution in [2.75, 3.05) is 46.9 Å². The maximum absolute atomic E-state index is 12.9. The van der Waals surface area contributed by atoms with Crippen molar-refractivity contribution in [1.29, 1.82) is 0 Å². The lowest BCUT2D eigenvalue weighted by atomic mass is 9.99. The van der Waals surface area contributed by atoms with Crippen LogP contribution in [0, 0.1) is 6.92 Å². The number of likely N-dealkylation sites (tertiary alicyclic amines) is 1. The molecule has 150 valence electrons. The van der Waals surface area contributed by atoms with Crippen molar-refractivity contribution in [3.8, 4) is 0 Å². The highest BCUT2D eigenvalue weighted by molar-refractivity contribution is 6.08. The summed E-state index contributed by atoms with van der Waals surface area (Å²) in [5.41, 5.74) is 1.80. The third-order valence-electron chi connectivity index (χ3n) is 5.37. The highest BCUT2D eigenvalue weighted by atomic mass is 16.5. The van der Waals surface area contributed by atoms with Crippen LogP contribution in [0.1, 0.15) is 22.3 Å². The first-order valence-electron chi connectivity index (χ1n) is 9.74. The van der Waals surface area contributed by atoms with E-state index in [1.165, 1.54) is 0 Å². The number of carbonyl (C=O) groups excluding carboxylic acids is 2. The standard InChI is InChI=1S/C22H29N3O3/c1-16-8-9-20(19-7-5-4-6-18(16)19)22(27)23-17-14-21(26)25(15-17)11-10-24(2)12-13-28-3/h4-9,17H,10-15H2,1-3H3,(H,23,27). The van der Waals surface area contributed by atoms with Crippen molar-refractivity contribution in [2.45, 2.75) is 19.4 Å². The lowest BCUT2D eigenvalue weighted by molar-refractivity contribution is -0.127. The number of rotatable bonds is 8. The zero-order valence-corrected chi connectivity index (χ0v) is 16.9. The van der Waals surface area contributed by atoms with Gasteiger partial charge in [-0.1, -0.05) is 30.3 Å². The normalized spacial score (nSPS) is 16.9. The highest BCUT2D eigenvalue weighted by Gasteiger charge is 2.30. The number of carbonyl (C=O) groups is 2. The maximum atomic E-state index is 12.9. The van der Waals surface area contributed by atoms with Gasteiger partial charge >= 0.3 is 0 Å². The molecule has 0 aliphatic carbocycles. The number of amides is 2. The average Bonchev–Trinajstić information content (AvgIpc) is 3.04. The summed E-state index contributed by atoms with van der Waals surface area (Å²) in [5, 5.41) is 5.08. The third-order valence-corrected chi connectivity index (χ3v) is 5.37. The predicted octanol–water partition coefficient (Wildman–Crippen LogP) is 2.06. The van der Waals surface area contributed by atoms with Gasteiger partial charge in [0.25, 0.3) is 5.91 Å². The van der Waals surface area contributed by atoms with Crippen LogP contribution in [0.5, 0.6) is 0 Å². The monoisotopic (exact) mass is 383 g/mol. The van der Waals surface area contributed by atoms with E-state index in [-0.39, 0.29) is 17.9 Å². The van der Waals surface area contributed by atoms with Gasteiger partial charge in [0.1, 0.15) is 0 Å². The summed E-state index contributed by atoms with van der Waals surface area (Å²) < 4.78 is 5.08. The Hall–Kier alpha value is -2.44. The molecular weight excluding hydrogens is 354 g/mol. The number of benzene rings is 2. The van der Waals surface area contributed by atoms with Crippen molar-refractivity contribution in [1.82, 2.24) is 15.1 Å². The van der Waals surface area contributed by atoms with E-state index < -0.39 is 0 Å². The third kappa shape index (κ3) is 4.69. The molecule has 6 nitrogen and oxygen atoms in total. The Morgan fingerprint density at radius 1 is 1.21 bits per heavy atom. The van der Waals surface area contributed by atoms with E-state index in [0.29, 0.717) is 31.7 Å². The van der Waals surface area contributed by atoms with E-state index >= 15 is 0 Å². The summed E-state index contributed by atoms with van der Waals surface area (Å²) in [6.07, 6.45) is 0.358. The number of hydrogen-bond donors (Lipinski definition) is 1. The average molecular weight is 383 g/mol. The van der Waals surface area contributed by atoms with Gasteiger partial charge in [0.2, 0.25) is 5.91 Å². The number of methoxy groups -OCH3 is 1. The molecule has 1 unspecified atom stereocenters. The molecule has 1 heterocycles. The largest absolute Gasteiger partial charge is 0.383 e. The Kier molecular flexibility index (Phi) is 6.65. The first-order valence-corrected chi connectivity index (χ1v) is 9.74. The van der Waals surface area contributed by atoms with Crippen LogP contribution < -0.4 is 5.32 Å². The number of fused-ring (bicyclic) bond motifs is 1. The van der Waals surface area contributed by atoms with Gasteiger partial charge in [-0.25, -0.2) is 0 Å². The van der Waals surface area contributed by atoms with Crippen molar-refractivity contribution in [3.63, 3.8) is 0 Å². The number of nitrogens with one attached hydrogen (secondary N) is 1. The fourth-order valence-corrected chi connectivity index (χ4v) is 3.65. The summed E-state index contributed by atoms with van der Waals surface area (Å²) in [4.78, 5) is 29.2. The molecule has 0 saturated carbocycles. The van der Waals surface area contributed by atoms with Gasteiger partial charge in [0.15, 0.2) is 0 Å². The number of aryl methyl sites for hydroxylation is 1. The van der Waals surface area contributed by atoms with Crippen LogP contribution in [0.15, 0.2) is 36.4 Å².